The van der Waals surface area contributed by atoms with E-state index in [2.05, 4.69) is 4.90 Å². The Kier molecular flexibility index (Phi) is 7.33. The summed E-state index contributed by atoms with van der Waals surface area (Å²) in [4.78, 5) is 15.4. The van der Waals surface area contributed by atoms with Gasteiger partial charge in [0.1, 0.15) is 17.8 Å². The fraction of sp³-hybridized carbons (Fsp3) is 0.788. The Balaban J connectivity index is 1.50. The van der Waals surface area contributed by atoms with E-state index < -0.39 is 76.5 Å². The Labute approximate surface area is 258 Å². The maximum Gasteiger partial charge on any atom is 0.303 e. The molecule has 1 spiro atoms. The number of carbonyl (C=O) groups is 1. The van der Waals surface area contributed by atoms with E-state index in [4.69, 9.17) is 28.4 Å². The quantitative estimate of drug-likeness (QED) is 0.337. The van der Waals surface area contributed by atoms with Gasteiger partial charge in [-0.1, -0.05) is 30.3 Å². The first kappa shape index (κ1) is 31.0. The molecule has 7 bridgehead atoms. The lowest BCUT2D eigenvalue weighted by molar-refractivity contribution is -0.327. The average molecular weight is 618 g/mol. The standard InChI is InChI=1S/C33H47NO10/c1-17(35)44-33-22-19(13-31(38,29(42-6)27(33)37)28(22)43-14-18-10-8-7-9-11-18)32-21(40-4)12-20(36)30(16-39-3)15-34(2)26(32)23(33)24(41-5)25(30)32/h7-11,19-29,36-38H,12-16H2,1-6H3/t19?,20-,21+,22?,23?,24+,25?,26?,27+,28-,29+,30+,31-,32+,33-/m1/s1. The second kappa shape index (κ2) is 10.4. The monoisotopic (exact) mass is 617 g/mol. The second-order valence-electron chi connectivity index (χ2n) is 14.3. The third-order valence-electron chi connectivity index (χ3n) is 12.9. The fourth-order valence-electron chi connectivity index (χ4n) is 12.3. The minimum Gasteiger partial charge on any atom is -0.455 e. The number of likely N-dealkylation sites (tertiary alicyclic amines) is 1. The number of benzene rings is 1. The molecular formula is C33H47NO10. The zero-order valence-electron chi connectivity index (χ0n) is 26.4. The van der Waals surface area contributed by atoms with E-state index in [0.29, 0.717) is 19.6 Å². The number of methoxy groups -OCH3 is 4. The fourth-order valence-corrected chi connectivity index (χ4v) is 12.3. The van der Waals surface area contributed by atoms with Crippen molar-refractivity contribution in [3.05, 3.63) is 35.9 Å². The predicted octanol–water partition coefficient (Wildman–Crippen LogP) is 0.618. The van der Waals surface area contributed by atoms with Crippen molar-refractivity contribution in [3.63, 3.8) is 0 Å². The molecule has 1 aromatic carbocycles. The minimum atomic E-state index is -1.59. The average Bonchev–Trinajstić information content (AvgIpc) is 3.39. The summed E-state index contributed by atoms with van der Waals surface area (Å²) >= 11 is 0. The van der Waals surface area contributed by atoms with E-state index in [1.165, 1.54) is 14.0 Å². The lowest BCUT2D eigenvalue weighted by Crippen LogP contribution is -2.81. The summed E-state index contributed by atoms with van der Waals surface area (Å²) in [5, 5.41) is 37.1. The number of aliphatic hydroxyl groups is 3. The van der Waals surface area contributed by atoms with E-state index in [1.807, 2.05) is 37.4 Å². The van der Waals surface area contributed by atoms with E-state index in [0.717, 1.165) is 5.56 Å². The first-order chi connectivity index (χ1) is 21.0. The van der Waals surface area contributed by atoms with Crippen LogP contribution in [0.5, 0.6) is 0 Å². The summed E-state index contributed by atoms with van der Waals surface area (Å²) in [6.45, 7) is 2.40. The first-order valence-corrected chi connectivity index (χ1v) is 15.8. The molecule has 0 aromatic heterocycles. The molecule has 3 N–H and O–H groups in total. The third-order valence-corrected chi connectivity index (χ3v) is 12.9. The van der Waals surface area contributed by atoms with Crippen LogP contribution in [0.1, 0.15) is 25.3 Å². The summed E-state index contributed by atoms with van der Waals surface area (Å²) in [6.07, 6.45) is -4.37. The zero-order chi connectivity index (χ0) is 31.4. The number of rotatable bonds is 9. The largest absolute Gasteiger partial charge is 0.455 e. The van der Waals surface area contributed by atoms with Crippen molar-refractivity contribution in [2.24, 2.45) is 34.5 Å². The molecule has 44 heavy (non-hydrogen) atoms. The van der Waals surface area contributed by atoms with E-state index >= 15 is 0 Å². The van der Waals surface area contributed by atoms with Gasteiger partial charge < -0.3 is 48.6 Å². The molecule has 11 nitrogen and oxygen atoms in total. The minimum absolute atomic E-state index is 0.220. The number of hydrogen-bond donors (Lipinski definition) is 3. The van der Waals surface area contributed by atoms with Crippen molar-refractivity contribution in [1.82, 2.24) is 4.90 Å². The molecule has 244 valence electrons. The van der Waals surface area contributed by atoms with Gasteiger partial charge in [-0.25, -0.2) is 0 Å². The molecule has 11 heteroatoms. The first-order valence-electron chi connectivity index (χ1n) is 15.8. The predicted molar refractivity (Wildman–Crippen MR) is 155 cm³/mol. The van der Waals surface area contributed by atoms with Crippen LogP contribution in [0.3, 0.4) is 0 Å². The molecule has 1 heterocycles. The third kappa shape index (κ3) is 3.46. The number of piperidine rings is 1. The summed E-state index contributed by atoms with van der Waals surface area (Å²) < 4.78 is 37.9. The summed E-state index contributed by atoms with van der Waals surface area (Å²) in [7, 11) is 8.48. The molecule has 5 unspecified atom stereocenters. The van der Waals surface area contributed by atoms with Crippen molar-refractivity contribution in [3.8, 4) is 0 Å². The number of ether oxygens (including phenoxy) is 6. The smallest absolute Gasteiger partial charge is 0.303 e. The van der Waals surface area contributed by atoms with Crippen LogP contribution in [0.25, 0.3) is 0 Å². The van der Waals surface area contributed by atoms with Crippen LogP contribution in [0.2, 0.25) is 0 Å². The Morgan fingerprint density at radius 2 is 1.75 bits per heavy atom. The number of aliphatic hydroxyl groups excluding tert-OH is 2. The molecule has 5 saturated carbocycles. The Morgan fingerprint density at radius 3 is 2.36 bits per heavy atom. The van der Waals surface area contributed by atoms with Gasteiger partial charge in [0.2, 0.25) is 0 Å². The molecule has 1 aromatic rings. The maximum absolute atomic E-state index is 13.2. The van der Waals surface area contributed by atoms with Gasteiger partial charge in [-0.3, -0.25) is 4.79 Å². The summed E-state index contributed by atoms with van der Waals surface area (Å²) in [5.74, 6) is -2.32. The molecule has 6 fully saturated rings. The Hall–Kier alpha value is -1.67. The molecule has 15 atom stereocenters. The lowest BCUT2D eigenvalue weighted by atomic mass is 9.42. The SMILES string of the molecule is COC[C@]12CN(C)C3C4[C@H](OC)C1[C@]3(C1C[C@@]3(O)[C@H](OCc5ccccc5)C1[C@]4(OC(C)=O)[C@@H](O)[C@@H]3OC)[C@@H](OC)C[C@H]2O. The van der Waals surface area contributed by atoms with E-state index in [-0.39, 0.29) is 30.9 Å². The van der Waals surface area contributed by atoms with Crippen molar-refractivity contribution in [1.29, 1.82) is 0 Å². The summed E-state index contributed by atoms with van der Waals surface area (Å²) in [5.41, 5.74) is -3.55. The van der Waals surface area contributed by atoms with Crippen LogP contribution in [-0.4, -0.2) is 129 Å². The van der Waals surface area contributed by atoms with Crippen LogP contribution in [-0.2, 0) is 39.8 Å². The molecule has 5 aliphatic carbocycles. The van der Waals surface area contributed by atoms with E-state index in [9.17, 15) is 20.1 Å². The van der Waals surface area contributed by atoms with Crippen LogP contribution < -0.4 is 0 Å². The molecular weight excluding hydrogens is 570 g/mol. The Morgan fingerprint density at radius 1 is 1.02 bits per heavy atom. The second-order valence-corrected chi connectivity index (χ2v) is 14.3. The van der Waals surface area contributed by atoms with Crippen molar-refractivity contribution < 1.29 is 48.5 Å². The van der Waals surface area contributed by atoms with Crippen LogP contribution >= 0.6 is 0 Å². The lowest BCUT2D eigenvalue weighted by Gasteiger charge is -2.70. The number of carbonyl (C=O) groups excluding carboxylic acids is 1. The van der Waals surface area contributed by atoms with Gasteiger partial charge in [0.15, 0.2) is 5.60 Å². The number of fused-ring (bicyclic) bond motifs is 2. The van der Waals surface area contributed by atoms with Crippen LogP contribution in [0.4, 0.5) is 0 Å². The molecule has 0 amide bonds. The van der Waals surface area contributed by atoms with Gasteiger partial charge in [0.25, 0.3) is 0 Å². The van der Waals surface area contributed by atoms with Crippen LogP contribution in [0, 0.1) is 34.5 Å². The van der Waals surface area contributed by atoms with Gasteiger partial charge >= 0.3 is 5.97 Å². The van der Waals surface area contributed by atoms with Crippen molar-refractivity contribution in [2.45, 2.75) is 80.2 Å². The highest BCUT2D eigenvalue weighted by molar-refractivity contribution is 5.67. The maximum atomic E-state index is 13.2. The number of hydrogen-bond acceptors (Lipinski definition) is 11. The van der Waals surface area contributed by atoms with Gasteiger partial charge in [-0.05, 0) is 24.9 Å². The van der Waals surface area contributed by atoms with Crippen LogP contribution in [0.15, 0.2) is 30.3 Å². The summed E-state index contributed by atoms with van der Waals surface area (Å²) in [6, 6.07) is 9.47. The highest BCUT2D eigenvalue weighted by Gasteiger charge is 2.91. The number of esters is 1. The molecule has 1 aliphatic heterocycles. The molecule has 7 rings (SSSR count). The highest BCUT2D eigenvalue weighted by atomic mass is 16.6. The topological polar surface area (TPSA) is 136 Å². The number of nitrogens with zero attached hydrogens (tertiary/aromatic N) is 1. The molecule has 6 aliphatic rings. The molecule has 0 radical (unpaired) electrons. The van der Waals surface area contributed by atoms with Gasteiger partial charge in [-0.15, -0.1) is 0 Å². The Bertz CT molecular complexity index is 1270. The van der Waals surface area contributed by atoms with Crippen molar-refractivity contribution in [2.75, 3.05) is 48.6 Å². The van der Waals surface area contributed by atoms with Gasteiger partial charge in [-0.2, -0.15) is 0 Å². The van der Waals surface area contributed by atoms with Gasteiger partial charge in [0, 0.05) is 83.0 Å². The normalized spacial score (nSPS) is 51.8. The molecule has 1 saturated heterocycles. The van der Waals surface area contributed by atoms with Gasteiger partial charge in [0.05, 0.1) is 37.6 Å². The zero-order valence-corrected chi connectivity index (χ0v) is 26.4. The highest BCUT2D eigenvalue weighted by Crippen LogP contribution is 2.80. The van der Waals surface area contributed by atoms with E-state index in [1.54, 1.807) is 21.3 Å². The van der Waals surface area contributed by atoms with Crippen molar-refractivity contribution >= 4 is 5.97 Å².